The summed E-state index contributed by atoms with van der Waals surface area (Å²) in [7, 11) is 0. The molecule has 0 aliphatic heterocycles. The van der Waals surface area contributed by atoms with Crippen molar-refractivity contribution in [2.24, 2.45) is 0 Å². The number of nitrogens with one attached hydrogen (secondary N) is 1. The van der Waals surface area contributed by atoms with Crippen molar-refractivity contribution < 1.29 is 4.39 Å². The van der Waals surface area contributed by atoms with Gasteiger partial charge in [-0.3, -0.25) is 0 Å². The van der Waals surface area contributed by atoms with Crippen LogP contribution in [-0.4, -0.2) is 0 Å². The second-order valence-electron chi connectivity index (χ2n) is 4.38. The molecule has 1 atom stereocenters. The van der Waals surface area contributed by atoms with Gasteiger partial charge in [0.05, 0.1) is 21.8 Å². The Bertz CT molecular complexity index is 619. The first-order chi connectivity index (χ1) is 9.52. The summed E-state index contributed by atoms with van der Waals surface area (Å²) in [6, 6.07) is 10.2. The second kappa shape index (κ2) is 6.79. The zero-order chi connectivity index (χ0) is 14.7. The first-order valence-electron chi connectivity index (χ1n) is 6.18. The SMILES string of the molecule is CCC(Nc1ccc(Br)c(Cl)c1Cl)c1cccc(F)c1. The molecule has 0 spiro atoms. The Labute approximate surface area is 136 Å². The van der Waals surface area contributed by atoms with Gasteiger partial charge in [0.25, 0.3) is 0 Å². The summed E-state index contributed by atoms with van der Waals surface area (Å²) in [4.78, 5) is 0. The summed E-state index contributed by atoms with van der Waals surface area (Å²) >= 11 is 15.6. The predicted octanol–water partition coefficient (Wildman–Crippen LogP) is 6.46. The van der Waals surface area contributed by atoms with Gasteiger partial charge in [-0.05, 0) is 52.2 Å². The van der Waals surface area contributed by atoms with Crippen LogP contribution in [0.4, 0.5) is 10.1 Å². The summed E-state index contributed by atoms with van der Waals surface area (Å²) in [5.41, 5.74) is 1.61. The molecule has 1 N–H and O–H groups in total. The van der Waals surface area contributed by atoms with Crippen molar-refractivity contribution in [2.45, 2.75) is 19.4 Å². The van der Waals surface area contributed by atoms with Gasteiger partial charge < -0.3 is 5.32 Å². The van der Waals surface area contributed by atoms with Crippen molar-refractivity contribution in [3.63, 3.8) is 0 Å². The van der Waals surface area contributed by atoms with Gasteiger partial charge in [-0.2, -0.15) is 0 Å². The van der Waals surface area contributed by atoms with E-state index in [0.29, 0.717) is 10.0 Å². The van der Waals surface area contributed by atoms with Crippen LogP contribution in [0, 0.1) is 5.82 Å². The van der Waals surface area contributed by atoms with E-state index in [2.05, 4.69) is 21.2 Å². The summed E-state index contributed by atoms with van der Waals surface area (Å²) in [6.45, 7) is 2.02. The molecule has 0 saturated heterocycles. The molecule has 0 aliphatic carbocycles. The van der Waals surface area contributed by atoms with E-state index in [1.807, 2.05) is 25.1 Å². The van der Waals surface area contributed by atoms with Crippen LogP contribution < -0.4 is 5.32 Å². The number of anilines is 1. The minimum atomic E-state index is -0.248. The van der Waals surface area contributed by atoms with Crippen molar-refractivity contribution >= 4 is 44.8 Å². The van der Waals surface area contributed by atoms with Gasteiger partial charge in [0.2, 0.25) is 0 Å². The Morgan fingerprint density at radius 3 is 2.60 bits per heavy atom. The average Bonchev–Trinajstić information content (AvgIpc) is 2.44. The topological polar surface area (TPSA) is 12.0 Å². The molecule has 0 aromatic heterocycles. The molecule has 0 radical (unpaired) electrons. The lowest BCUT2D eigenvalue weighted by atomic mass is 10.0. The maximum atomic E-state index is 13.3. The van der Waals surface area contributed by atoms with Gasteiger partial charge in [0.1, 0.15) is 5.82 Å². The largest absolute Gasteiger partial charge is 0.377 e. The van der Waals surface area contributed by atoms with Crippen LogP contribution >= 0.6 is 39.1 Å². The monoisotopic (exact) mass is 375 g/mol. The summed E-state index contributed by atoms with van der Waals surface area (Å²) in [5.74, 6) is -0.248. The fourth-order valence-corrected chi connectivity index (χ4v) is 2.80. The van der Waals surface area contributed by atoms with Crippen molar-refractivity contribution in [2.75, 3.05) is 5.32 Å². The molecule has 0 saturated carbocycles. The highest BCUT2D eigenvalue weighted by molar-refractivity contribution is 9.10. The summed E-state index contributed by atoms with van der Waals surface area (Å²) in [6.07, 6.45) is 0.799. The van der Waals surface area contributed by atoms with Crippen molar-refractivity contribution in [3.8, 4) is 0 Å². The molecular formula is C15H13BrCl2FN. The number of benzene rings is 2. The second-order valence-corrected chi connectivity index (χ2v) is 5.99. The first kappa shape index (κ1) is 15.6. The third-order valence-electron chi connectivity index (χ3n) is 3.02. The van der Waals surface area contributed by atoms with Crippen molar-refractivity contribution in [3.05, 3.63) is 62.3 Å². The van der Waals surface area contributed by atoms with E-state index < -0.39 is 0 Å². The fourth-order valence-electron chi connectivity index (χ4n) is 1.97. The fraction of sp³-hybridized carbons (Fsp3) is 0.200. The summed E-state index contributed by atoms with van der Waals surface area (Å²) < 4.78 is 14.1. The van der Waals surface area contributed by atoms with E-state index in [9.17, 15) is 4.39 Å². The van der Waals surface area contributed by atoms with Crippen molar-refractivity contribution in [1.82, 2.24) is 0 Å². The van der Waals surface area contributed by atoms with E-state index in [1.54, 1.807) is 6.07 Å². The molecular weight excluding hydrogens is 364 g/mol. The standard InChI is InChI=1S/C15H13BrCl2FN/c1-2-12(9-4-3-5-10(19)8-9)20-13-7-6-11(16)14(17)15(13)18/h3-8,12,20H,2H2,1H3. The van der Waals surface area contributed by atoms with Crippen LogP contribution in [0.1, 0.15) is 24.9 Å². The molecule has 1 unspecified atom stereocenters. The lowest BCUT2D eigenvalue weighted by Gasteiger charge is -2.20. The smallest absolute Gasteiger partial charge is 0.123 e. The maximum Gasteiger partial charge on any atom is 0.123 e. The molecule has 2 aromatic rings. The molecule has 1 nitrogen and oxygen atoms in total. The number of hydrogen-bond donors (Lipinski definition) is 1. The maximum absolute atomic E-state index is 13.3. The molecule has 0 bridgehead atoms. The zero-order valence-corrected chi connectivity index (χ0v) is 13.9. The first-order valence-corrected chi connectivity index (χ1v) is 7.73. The quantitative estimate of drug-likeness (QED) is 0.604. The highest BCUT2D eigenvalue weighted by atomic mass is 79.9. The lowest BCUT2D eigenvalue weighted by Crippen LogP contribution is -2.10. The van der Waals surface area contributed by atoms with Gasteiger partial charge in [0, 0.05) is 4.47 Å². The van der Waals surface area contributed by atoms with Crippen LogP contribution in [0.3, 0.4) is 0 Å². The van der Waals surface area contributed by atoms with Gasteiger partial charge in [0.15, 0.2) is 0 Å². The normalized spacial score (nSPS) is 12.2. The molecule has 0 aliphatic rings. The van der Waals surface area contributed by atoms with E-state index in [0.717, 1.165) is 22.1 Å². The van der Waals surface area contributed by atoms with Gasteiger partial charge in [-0.25, -0.2) is 4.39 Å². The Kier molecular flexibility index (Phi) is 5.30. The van der Waals surface area contributed by atoms with Crippen molar-refractivity contribution in [1.29, 1.82) is 0 Å². The Hall–Kier alpha value is -0.770. The average molecular weight is 377 g/mol. The molecule has 2 rings (SSSR count). The Morgan fingerprint density at radius 1 is 1.20 bits per heavy atom. The highest BCUT2D eigenvalue weighted by Gasteiger charge is 2.14. The van der Waals surface area contributed by atoms with Crippen LogP contribution in [0.5, 0.6) is 0 Å². The number of rotatable bonds is 4. The zero-order valence-electron chi connectivity index (χ0n) is 10.8. The van der Waals surface area contributed by atoms with Crippen LogP contribution in [0.15, 0.2) is 40.9 Å². The molecule has 2 aromatic carbocycles. The third-order valence-corrected chi connectivity index (χ3v) is 4.80. The molecule has 20 heavy (non-hydrogen) atoms. The van der Waals surface area contributed by atoms with Gasteiger partial charge >= 0.3 is 0 Å². The minimum Gasteiger partial charge on any atom is -0.377 e. The van der Waals surface area contributed by atoms with Crippen LogP contribution in [0.25, 0.3) is 0 Å². The molecule has 106 valence electrons. The summed E-state index contributed by atoms with van der Waals surface area (Å²) in [5, 5.41) is 4.22. The molecule has 0 amide bonds. The Balaban J connectivity index is 2.29. The van der Waals surface area contributed by atoms with Gasteiger partial charge in [-0.15, -0.1) is 0 Å². The van der Waals surface area contributed by atoms with E-state index in [-0.39, 0.29) is 11.9 Å². The van der Waals surface area contributed by atoms with E-state index in [1.165, 1.54) is 12.1 Å². The van der Waals surface area contributed by atoms with E-state index in [4.69, 9.17) is 23.2 Å². The number of hydrogen-bond acceptors (Lipinski definition) is 1. The van der Waals surface area contributed by atoms with E-state index >= 15 is 0 Å². The molecule has 0 heterocycles. The predicted molar refractivity (Wildman–Crippen MR) is 87.2 cm³/mol. The lowest BCUT2D eigenvalue weighted by molar-refractivity contribution is 0.621. The minimum absolute atomic E-state index is 0.0274. The molecule has 5 heteroatoms. The number of halogens is 4. The third kappa shape index (κ3) is 3.46. The van der Waals surface area contributed by atoms with Crippen LogP contribution in [0.2, 0.25) is 10.0 Å². The molecule has 0 fully saturated rings. The van der Waals surface area contributed by atoms with Gasteiger partial charge in [-0.1, -0.05) is 42.3 Å². The Morgan fingerprint density at radius 2 is 1.95 bits per heavy atom. The van der Waals surface area contributed by atoms with Crippen LogP contribution in [-0.2, 0) is 0 Å². The highest BCUT2D eigenvalue weighted by Crippen LogP contribution is 2.37.